The van der Waals surface area contributed by atoms with Gasteiger partial charge in [-0.2, -0.15) is 5.10 Å². The Balaban J connectivity index is 1.53. The van der Waals surface area contributed by atoms with Crippen molar-refractivity contribution in [1.82, 2.24) is 15.2 Å². The molecule has 7 heteroatoms. The summed E-state index contributed by atoms with van der Waals surface area (Å²) in [5.41, 5.74) is 0.765. The number of aromatic amines is 1. The Bertz CT molecular complexity index is 1250. The van der Waals surface area contributed by atoms with Gasteiger partial charge in [-0.05, 0) is 60.4 Å². The summed E-state index contributed by atoms with van der Waals surface area (Å²) in [5.74, 6) is 0.332. The van der Waals surface area contributed by atoms with E-state index in [1.807, 2.05) is 0 Å². The lowest BCUT2D eigenvalue weighted by Crippen LogP contribution is -2.51. The molecule has 7 rings (SSSR count). The van der Waals surface area contributed by atoms with Gasteiger partial charge in [0.25, 0.3) is 0 Å². The number of benzene rings is 1. The molecule has 158 valence electrons. The van der Waals surface area contributed by atoms with Crippen molar-refractivity contribution in [3.63, 3.8) is 0 Å². The van der Waals surface area contributed by atoms with Crippen LogP contribution in [-0.4, -0.2) is 15.2 Å². The first-order valence-corrected chi connectivity index (χ1v) is 10.6. The zero-order valence-electron chi connectivity index (χ0n) is 17.2. The molecule has 2 bridgehead atoms. The van der Waals surface area contributed by atoms with Gasteiger partial charge in [-0.25, -0.2) is 8.78 Å². The Morgan fingerprint density at radius 1 is 1.16 bits per heavy atom. The number of ether oxygens (including phenoxy) is 1. The Hall–Kier alpha value is -3.09. The lowest BCUT2D eigenvalue weighted by atomic mass is 9.60. The van der Waals surface area contributed by atoms with Crippen LogP contribution in [0.25, 0.3) is 11.3 Å². The van der Waals surface area contributed by atoms with E-state index in [1.54, 1.807) is 18.3 Å². The second-order valence-electron chi connectivity index (χ2n) is 9.19. The van der Waals surface area contributed by atoms with E-state index in [2.05, 4.69) is 29.0 Å². The highest BCUT2D eigenvalue weighted by molar-refractivity contribution is 5.63. The first-order chi connectivity index (χ1) is 14.9. The van der Waals surface area contributed by atoms with Gasteiger partial charge in [0.05, 0.1) is 11.3 Å². The molecule has 4 aliphatic rings. The summed E-state index contributed by atoms with van der Waals surface area (Å²) in [7, 11) is 0. The molecule has 5 nitrogen and oxygen atoms in total. The van der Waals surface area contributed by atoms with Crippen molar-refractivity contribution < 1.29 is 13.5 Å². The first kappa shape index (κ1) is 18.7. The smallest absolute Gasteiger partial charge is 0.248 e. The quantitative estimate of drug-likeness (QED) is 0.674. The van der Waals surface area contributed by atoms with Crippen LogP contribution in [0.4, 0.5) is 8.78 Å². The van der Waals surface area contributed by atoms with Crippen LogP contribution in [0.15, 0.2) is 47.4 Å². The topological polar surface area (TPSA) is 67.9 Å². The summed E-state index contributed by atoms with van der Waals surface area (Å²) >= 11 is 0. The minimum absolute atomic E-state index is 0.113. The number of nitrogens with zero attached hydrogens (tertiary/aromatic N) is 2. The molecule has 2 heterocycles. The molecule has 0 spiro atoms. The van der Waals surface area contributed by atoms with Gasteiger partial charge in [0.1, 0.15) is 23.1 Å². The van der Waals surface area contributed by atoms with Crippen LogP contribution in [0.2, 0.25) is 0 Å². The van der Waals surface area contributed by atoms with Gasteiger partial charge in [-0.15, -0.1) is 5.10 Å². The largest absolute Gasteiger partial charge is 0.479 e. The van der Waals surface area contributed by atoms with E-state index >= 15 is 0 Å². The number of hydrogen-bond donors (Lipinski definition) is 1. The number of H-pyrrole nitrogens is 1. The highest BCUT2D eigenvalue weighted by Crippen LogP contribution is 2.80. The molecular weight excluding hydrogens is 400 g/mol. The number of hydrogen-bond acceptors (Lipinski definition) is 4. The zero-order valence-corrected chi connectivity index (χ0v) is 17.2. The van der Waals surface area contributed by atoms with Crippen LogP contribution in [-0.2, 0) is 5.60 Å². The molecule has 0 aliphatic heterocycles. The summed E-state index contributed by atoms with van der Waals surface area (Å²) in [6.45, 7) is 4.46. The standard InChI is InChI=1S/C24H21F2N3O2/c1-12-21-14-8-9-24(23(12,21)2,31-13-6-7-19(30)27-11-13)22-15(14)10-18(28-29-22)20-16(25)4-3-5-17(20)26/h3-7,10-12,14,21H,8-9H2,1-2H3,(H,27,30)/t12?,14-,21?,23?,24-/m0/s1. The molecule has 2 saturated carbocycles. The van der Waals surface area contributed by atoms with Crippen molar-refractivity contribution in [3.8, 4) is 17.0 Å². The maximum absolute atomic E-state index is 14.4. The Kier molecular flexibility index (Phi) is 3.61. The molecule has 0 amide bonds. The van der Waals surface area contributed by atoms with E-state index < -0.39 is 17.2 Å². The van der Waals surface area contributed by atoms with Crippen LogP contribution < -0.4 is 10.3 Å². The lowest BCUT2D eigenvalue weighted by molar-refractivity contribution is -0.0630. The molecule has 1 aromatic carbocycles. The minimum atomic E-state index is -0.696. The number of fused-ring (bicyclic) bond motifs is 1. The summed E-state index contributed by atoms with van der Waals surface area (Å²) in [4.78, 5) is 14.2. The van der Waals surface area contributed by atoms with Crippen molar-refractivity contribution in [2.75, 3.05) is 0 Å². The van der Waals surface area contributed by atoms with E-state index in [0.717, 1.165) is 24.1 Å². The maximum Gasteiger partial charge on any atom is 0.248 e. The molecule has 2 aromatic heterocycles. The number of nitrogens with one attached hydrogen (secondary N) is 1. The molecule has 3 aromatic rings. The third-order valence-electron chi connectivity index (χ3n) is 8.05. The summed E-state index contributed by atoms with van der Waals surface area (Å²) in [5, 5.41) is 8.77. The molecule has 0 radical (unpaired) electrons. The first-order valence-electron chi connectivity index (χ1n) is 10.6. The van der Waals surface area contributed by atoms with Crippen LogP contribution >= 0.6 is 0 Å². The molecule has 1 N–H and O–H groups in total. The van der Waals surface area contributed by atoms with E-state index in [4.69, 9.17) is 4.74 Å². The van der Waals surface area contributed by atoms with Crippen molar-refractivity contribution in [2.45, 2.75) is 38.2 Å². The summed E-state index contributed by atoms with van der Waals surface area (Å²) in [6.07, 6.45) is 3.26. The predicted molar refractivity (Wildman–Crippen MR) is 109 cm³/mol. The van der Waals surface area contributed by atoms with E-state index in [0.29, 0.717) is 17.6 Å². The maximum atomic E-state index is 14.4. The Labute approximate surface area is 177 Å². The molecule has 5 atom stereocenters. The fourth-order valence-electron chi connectivity index (χ4n) is 6.44. The normalized spacial score (nSPS) is 32.3. The molecule has 31 heavy (non-hydrogen) atoms. The fraction of sp³-hybridized carbons (Fsp3) is 0.375. The second kappa shape index (κ2) is 5.99. The highest BCUT2D eigenvalue weighted by atomic mass is 19.1. The lowest BCUT2D eigenvalue weighted by Gasteiger charge is -2.50. The number of halogens is 2. The van der Waals surface area contributed by atoms with Crippen LogP contribution in [0, 0.1) is 28.9 Å². The van der Waals surface area contributed by atoms with Crippen LogP contribution in [0.1, 0.15) is 43.9 Å². The molecule has 4 aliphatic carbocycles. The Morgan fingerprint density at radius 3 is 2.65 bits per heavy atom. The number of pyridine rings is 1. The third kappa shape index (κ3) is 2.26. The van der Waals surface area contributed by atoms with E-state index in [1.165, 1.54) is 24.3 Å². The van der Waals surface area contributed by atoms with Crippen molar-refractivity contribution >= 4 is 0 Å². The summed E-state index contributed by atoms with van der Waals surface area (Å²) in [6, 6.07) is 8.69. The monoisotopic (exact) mass is 421 g/mol. The van der Waals surface area contributed by atoms with Crippen molar-refractivity contribution in [1.29, 1.82) is 0 Å². The number of aromatic nitrogens is 3. The molecule has 3 unspecified atom stereocenters. The fourth-order valence-corrected chi connectivity index (χ4v) is 6.44. The summed E-state index contributed by atoms with van der Waals surface area (Å²) < 4.78 is 35.4. The number of rotatable bonds is 3. The average Bonchev–Trinajstić information content (AvgIpc) is 3.34. The van der Waals surface area contributed by atoms with Crippen molar-refractivity contribution in [3.05, 3.63) is 75.8 Å². The molecule has 0 saturated heterocycles. The van der Waals surface area contributed by atoms with Gasteiger partial charge in [-0.3, -0.25) is 4.79 Å². The van der Waals surface area contributed by atoms with Gasteiger partial charge in [0.15, 0.2) is 5.60 Å². The van der Waals surface area contributed by atoms with E-state index in [-0.39, 0.29) is 28.1 Å². The van der Waals surface area contributed by atoms with Gasteiger partial charge >= 0.3 is 0 Å². The van der Waals surface area contributed by atoms with Crippen LogP contribution in [0.5, 0.6) is 5.75 Å². The van der Waals surface area contributed by atoms with Crippen molar-refractivity contribution in [2.24, 2.45) is 17.3 Å². The predicted octanol–water partition coefficient (Wildman–Crippen LogP) is 4.55. The second-order valence-corrected chi connectivity index (χ2v) is 9.19. The van der Waals surface area contributed by atoms with Gasteiger partial charge in [0.2, 0.25) is 5.56 Å². The van der Waals surface area contributed by atoms with Gasteiger partial charge in [0, 0.05) is 17.7 Å². The van der Waals surface area contributed by atoms with E-state index in [9.17, 15) is 13.6 Å². The minimum Gasteiger partial charge on any atom is -0.479 e. The van der Waals surface area contributed by atoms with Crippen LogP contribution in [0.3, 0.4) is 0 Å². The highest BCUT2D eigenvalue weighted by Gasteiger charge is 2.79. The molecular formula is C24H21F2N3O2. The van der Waals surface area contributed by atoms with Gasteiger partial charge in [-0.1, -0.05) is 19.9 Å². The average molecular weight is 421 g/mol. The zero-order chi connectivity index (χ0) is 21.5. The van der Waals surface area contributed by atoms with Gasteiger partial charge < -0.3 is 9.72 Å². The Morgan fingerprint density at radius 2 is 1.94 bits per heavy atom. The SMILES string of the molecule is CC1C2[C@H]3CC[C@](Oc4ccc(=O)[nH]c4)(c4nnc(-c5c(F)cccc5F)cc43)C12C. The molecule has 2 fully saturated rings. The third-order valence-corrected chi connectivity index (χ3v) is 8.05.